The van der Waals surface area contributed by atoms with Crippen molar-refractivity contribution in [3.63, 3.8) is 0 Å². The van der Waals surface area contributed by atoms with Crippen molar-refractivity contribution < 1.29 is 22.7 Å². The second-order valence-electron chi connectivity index (χ2n) is 8.63. The van der Waals surface area contributed by atoms with Gasteiger partial charge in [0.1, 0.15) is 5.56 Å². The van der Waals surface area contributed by atoms with Crippen molar-refractivity contribution in [2.75, 3.05) is 6.61 Å². The number of carbonyl (C=O) groups excluding carboxylic acids is 1. The molecule has 3 aromatic rings. The van der Waals surface area contributed by atoms with Gasteiger partial charge in [0.15, 0.2) is 5.43 Å². The normalized spacial score (nSPS) is 17.4. The molecule has 1 unspecified atom stereocenters. The molecule has 0 aliphatic carbocycles. The van der Waals surface area contributed by atoms with Gasteiger partial charge in [-0.2, -0.15) is 0 Å². The van der Waals surface area contributed by atoms with Crippen molar-refractivity contribution in [2.24, 2.45) is 5.92 Å². The first kappa shape index (κ1) is 22.0. The Morgan fingerprint density at radius 3 is 2.59 bits per heavy atom. The van der Waals surface area contributed by atoms with Crippen LogP contribution in [0, 0.1) is 5.92 Å². The third-order valence-corrected chi connectivity index (χ3v) is 6.51. The summed E-state index contributed by atoms with van der Waals surface area (Å²) in [5, 5.41) is 0. The number of rotatable bonds is 5. The average molecular weight is 441 g/mol. The van der Waals surface area contributed by atoms with Gasteiger partial charge in [-0.1, -0.05) is 13.8 Å². The fourth-order valence-corrected chi connectivity index (χ4v) is 4.37. The van der Waals surface area contributed by atoms with Crippen LogP contribution < -0.4 is 5.43 Å². The zero-order chi connectivity index (χ0) is 23.2. The van der Waals surface area contributed by atoms with Gasteiger partial charge in [0.05, 0.1) is 24.8 Å². The maximum Gasteiger partial charge on any atom is 0.343 e. The van der Waals surface area contributed by atoms with Gasteiger partial charge in [-0.15, -0.1) is 0 Å². The van der Waals surface area contributed by atoms with Crippen LogP contribution in [0.1, 0.15) is 55.6 Å². The number of hydrogen-bond donors (Lipinski definition) is 0. The molecule has 32 heavy (non-hydrogen) atoms. The van der Waals surface area contributed by atoms with Gasteiger partial charge in [-0.25, -0.2) is 13.6 Å². The Morgan fingerprint density at radius 2 is 2.00 bits per heavy atom. The maximum absolute atomic E-state index is 14.0. The number of halogens is 2. The summed E-state index contributed by atoms with van der Waals surface area (Å²) in [5.74, 6) is -0.563. The molecule has 0 amide bonds. The summed E-state index contributed by atoms with van der Waals surface area (Å²) in [6.07, 6.45) is 2.26. The molecule has 0 radical (unpaired) electrons. The Labute approximate surface area is 184 Å². The standard InChI is InChI=1S/C25H25F2NO4/c1-5-32-24(30)20-12-28-21(10-22(20)29)18-9-19(23(26)27)17(15-6-7-31-13-15)8-16(18)11-25(28,4)14(2)3/h6-10,12-14,23H,5,11H2,1-4H3. The van der Waals surface area contributed by atoms with E-state index in [2.05, 4.69) is 13.8 Å². The molecule has 0 spiro atoms. The third-order valence-electron chi connectivity index (χ3n) is 6.51. The van der Waals surface area contributed by atoms with E-state index in [1.54, 1.807) is 19.1 Å². The molecule has 1 atom stereocenters. The van der Waals surface area contributed by atoms with E-state index in [9.17, 15) is 18.4 Å². The highest BCUT2D eigenvalue weighted by atomic mass is 19.3. The molecule has 2 aromatic heterocycles. The highest BCUT2D eigenvalue weighted by Crippen LogP contribution is 2.45. The van der Waals surface area contributed by atoms with Crippen LogP contribution in [0.15, 0.2) is 52.2 Å². The van der Waals surface area contributed by atoms with Crippen LogP contribution in [0.4, 0.5) is 8.78 Å². The summed E-state index contributed by atoms with van der Waals surface area (Å²) >= 11 is 0. The fourth-order valence-electron chi connectivity index (χ4n) is 4.37. The topological polar surface area (TPSA) is 61.4 Å². The Hall–Kier alpha value is -3.22. The lowest BCUT2D eigenvalue weighted by molar-refractivity contribution is 0.0522. The molecule has 1 aromatic carbocycles. The molecular weight excluding hydrogens is 416 g/mol. The van der Waals surface area contributed by atoms with Crippen molar-refractivity contribution in [2.45, 2.75) is 46.1 Å². The van der Waals surface area contributed by atoms with E-state index >= 15 is 0 Å². The summed E-state index contributed by atoms with van der Waals surface area (Å²) in [7, 11) is 0. The van der Waals surface area contributed by atoms with Crippen LogP contribution in [0.5, 0.6) is 0 Å². The minimum Gasteiger partial charge on any atom is -0.472 e. The molecule has 168 valence electrons. The van der Waals surface area contributed by atoms with E-state index in [-0.39, 0.29) is 23.7 Å². The van der Waals surface area contributed by atoms with E-state index in [0.717, 1.165) is 5.56 Å². The van der Waals surface area contributed by atoms with Gasteiger partial charge in [0.25, 0.3) is 6.43 Å². The molecule has 0 bridgehead atoms. The lowest BCUT2D eigenvalue weighted by atomic mass is 9.76. The van der Waals surface area contributed by atoms with E-state index in [4.69, 9.17) is 9.15 Å². The molecule has 3 heterocycles. The lowest BCUT2D eigenvalue weighted by Gasteiger charge is -2.43. The summed E-state index contributed by atoms with van der Waals surface area (Å²) in [5.41, 5.74) is 1.77. The zero-order valence-corrected chi connectivity index (χ0v) is 18.4. The largest absolute Gasteiger partial charge is 0.472 e. The van der Waals surface area contributed by atoms with Crippen LogP contribution in [0.2, 0.25) is 0 Å². The molecule has 0 N–H and O–H groups in total. The van der Waals surface area contributed by atoms with Crippen LogP contribution in [0.25, 0.3) is 22.4 Å². The number of benzene rings is 1. The first-order chi connectivity index (χ1) is 15.2. The number of aromatic nitrogens is 1. The van der Waals surface area contributed by atoms with Crippen molar-refractivity contribution in [3.05, 3.63) is 69.9 Å². The van der Waals surface area contributed by atoms with Gasteiger partial charge in [0.2, 0.25) is 0 Å². The van der Waals surface area contributed by atoms with Crippen molar-refractivity contribution in [3.8, 4) is 22.4 Å². The van der Waals surface area contributed by atoms with Gasteiger partial charge in [-0.3, -0.25) is 4.79 Å². The molecule has 0 fully saturated rings. The van der Waals surface area contributed by atoms with Crippen LogP contribution in [-0.2, 0) is 16.7 Å². The average Bonchev–Trinajstić information content (AvgIpc) is 3.27. The Kier molecular flexibility index (Phi) is 5.53. The van der Waals surface area contributed by atoms with Crippen LogP contribution in [0.3, 0.4) is 0 Å². The number of alkyl halides is 2. The number of ether oxygens (including phenoxy) is 1. The third kappa shape index (κ3) is 3.45. The van der Waals surface area contributed by atoms with Gasteiger partial charge in [0, 0.05) is 34.5 Å². The molecule has 0 saturated carbocycles. The monoisotopic (exact) mass is 441 g/mol. The number of carbonyl (C=O) groups is 1. The number of nitrogens with zero attached hydrogens (tertiary/aromatic N) is 1. The highest BCUT2D eigenvalue weighted by molar-refractivity contribution is 5.89. The van der Waals surface area contributed by atoms with E-state index in [1.807, 2.05) is 11.5 Å². The number of fused-ring (bicyclic) bond motifs is 3. The van der Waals surface area contributed by atoms with E-state index in [0.29, 0.717) is 28.8 Å². The predicted molar refractivity (Wildman–Crippen MR) is 117 cm³/mol. The second-order valence-corrected chi connectivity index (χ2v) is 8.63. The minimum atomic E-state index is -2.71. The molecule has 5 nitrogen and oxygen atoms in total. The number of furan rings is 1. The molecular formula is C25H25F2NO4. The lowest BCUT2D eigenvalue weighted by Crippen LogP contribution is -2.42. The molecule has 4 rings (SSSR count). The number of esters is 1. The Balaban J connectivity index is 2.01. The molecule has 1 aliphatic rings. The zero-order valence-electron chi connectivity index (χ0n) is 18.4. The summed E-state index contributed by atoms with van der Waals surface area (Å²) < 4.78 is 40.1. The SMILES string of the molecule is CCOC(=O)c1cn2c(cc1=O)-c1cc(C(F)F)c(-c3ccoc3)cc1CC2(C)C(C)C. The molecule has 1 aliphatic heterocycles. The number of hydrogen-bond acceptors (Lipinski definition) is 4. The minimum absolute atomic E-state index is 0.0602. The Morgan fingerprint density at radius 1 is 1.25 bits per heavy atom. The van der Waals surface area contributed by atoms with Crippen molar-refractivity contribution in [1.29, 1.82) is 0 Å². The summed E-state index contributed by atoms with van der Waals surface area (Å²) in [6.45, 7) is 7.98. The first-order valence-electron chi connectivity index (χ1n) is 10.6. The van der Waals surface area contributed by atoms with Gasteiger partial charge < -0.3 is 13.7 Å². The van der Waals surface area contributed by atoms with E-state index in [1.165, 1.54) is 30.9 Å². The van der Waals surface area contributed by atoms with Crippen molar-refractivity contribution >= 4 is 5.97 Å². The van der Waals surface area contributed by atoms with Gasteiger partial charge >= 0.3 is 5.97 Å². The number of pyridine rings is 1. The summed E-state index contributed by atoms with van der Waals surface area (Å²) in [4.78, 5) is 25.1. The maximum atomic E-state index is 14.0. The fraction of sp³-hybridized carbons (Fsp3) is 0.360. The van der Waals surface area contributed by atoms with Crippen LogP contribution >= 0.6 is 0 Å². The van der Waals surface area contributed by atoms with Crippen LogP contribution in [-0.4, -0.2) is 17.1 Å². The van der Waals surface area contributed by atoms with Crippen molar-refractivity contribution in [1.82, 2.24) is 4.57 Å². The Bertz CT molecular complexity index is 1230. The highest BCUT2D eigenvalue weighted by Gasteiger charge is 2.38. The second kappa shape index (κ2) is 8.04. The molecule has 0 saturated heterocycles. The smallest absolute Gasteiger partial charge is 0.343 e. The van der Waals surface area contributed by atoms with E-state index < -0.39 is 23.4 Å². The van der Waals surface area contributed by atoms with Gasteiger partial charge in [-0.05, 0) is 55.5 Å². The quantitative estimate of drug-likeness (QED) is 0.468. The molecule has 7 heteroatoms. The first-order valence-corrected chi connectivity index (χ1v) is 10.6. The summed E-state index contributed by atoms with van der Waals surface area (Å²) in [6, 6.07) is 6.24. The predicted octanol–water partition coefficient (Wildman–Crippen LogP) is 5.82.